The van der Waals surface area contributed by atoms with Gasteiger partial charge in [-0.15, -0.1) is 0 Å². The van der Waals surface area contributed by atoms with E-state index in [1.54, 1.807) is 12.3 Å². The van der Waals surface area contributed by atoms with Crippen molar-refractivity contribution in [2.45, 2.75) is 4.90 Å². The van der Waals surface area contributed by atoms with Gasteiger partial charge in [-0.3, -0.25) is 5.32 Å². The number of phenolic OH excluding ortho intramolecular Hbond substituents is 1. The smallest absolute Gasteiger partial charge is 0.247 e. The Morgan fingerprint density at radius 1 is 1.30 bits per heavy atom. The van der Waals surface area contributed by atoms with Gasteiger partial charge < -0.3 is 10.4 Å². The molecule has 0 aromatic heterocycles. The summed E-state index contributed by atoms with van der Waals surface area (Å²) in [7, 11) is -1.48. The molecule has 0 radical (unpaired) electrons. The summed E-state index contributed by atoms with van der Waals surface area (Å²) in [4.78, 5) is 3.41. The van der Waals surface area contributed by atoms with Crippen LogP contribution in [-0.4, -0.2) is 37.9 Å². The maximum atomic E-state index is 13.8. The van der Waals surface area contributed by atoms with E-state index < -0.39 is 26.5 Å². The van der Waals surface area contributed by atoms with Crippen molar-refractivity contribution in [3.63, 3.8) is 0 Å². The van der Waals surface area contributed by atoms with E-state index in [2.05, 4.69) is 15.6 Å². The lowest BCUT2D eigenvalue weighted by Crippen LogP contribution is -2.27. The molecule has 0 heterocycles. The Bertz CT molecular complexity index is 1030. The van der Waals surface area contributed by atoms with Gasteiger partial charge in [-0.1, -0.05) is 23.7 Å². The number of anilines is 1. The number of sulfonamides is 1. The summed E-state index contributed by atoms with van der Waals surface area (Å²) in [5.41, 5.74) is -0.171. The predicted octanol–water partition coefficient (Wildman–Crippen LogP) is 2.61. The minimum atomic E-state index is -4.05. The quantitative estimate of drug-likeness (QED) is 0.234. The van der Waals surface area contributed by atoms with Gasteiger partial charge in [-0.05, 0) is 24.3 Å². The first-order chi connectivity index (χ1) is 12.7. The molecule has 142 valence electrons. The van der Waals surface area contributed by atoms with Gasteiger partial charge in [0.15, 0.2) is 11.9 Å². The number of hydrogen-bond acceptors (Lipinski definition) is 5. The molecule has 0 aliphatic carbocycles. The van der Waals surface area contributed by atoms with Gasteiger partial charge in [-0.2, -0.15) is 5.26 Å². The molecular formula is C16H15ClFN5O3S. The number of aliphatic imine (C=N–C) groups is 1. The highest BCUT2D eigenvalue weighted by atomic mass is 35.5. The van der Waals surface area contributed by atoms with Gasteiger partial charge in [0.1, 0.15) is 16.4 Å². The molecule has 0 unspecified atom stereocenters. The molecule has 2 rings (SSSR count). The number of para-hydroxylation sites is 1. The van der Waals surface area contributed by atoms with Crippen molar-refractivity contribution < 1.29 is 17.9 Å². The maximum Gasteiger partial charge on any atom is 0.247 e. The van der Waals surface area contributed by atoms with E-state index in [0.717, 1.165) is 4.31 Å². The zero-order valence-corrected chi connectivity index (χ0v) is 15.8. The van der Waals surface area contributed by atoms with E-state index >= 15 is 0 Å². The average Bonchev–Trinajstić information content (AvgIpc) is 2.59. The summed E-state index contributed by atoms with van der Waals surface area (Å²) in [6, 6.07) is 8.13. The van der Waals surface area contributed by atoms with Crippen LogP contribution in [-0.2, 0) is 10.0 Å². The van der Waals surface area contributed by atoms with Crippen LogP contribution in [0.5, 0.6) is 5.75 Å². The SMILES string of the molecule is CN(C)S(=O)(=O)c1c(Cl)ccc(NC(=Nc2ccccc2F)NC#N)c1O. The van der Waals surface area contributed by atoms with E-state index in [-0.39, 0.29) is 22.4 Å². The van der Waals surface area contributed by atoms with E-state index in [1.807, 2.05) is 0 Å². The molecule has 0 saturated carbocycles. The molecule has 27 heavy (non-hydrogen) atoms. The second kappa shape index (κ2) is 8.22. The number of halogens is 2. The highest BCUT2D eigenvalue weighted by Crippen LogP contribution is 2.38. The Balaban J connectivity index is 2.52. The standard InChI is InChI=1S/C16H15ClFN5O3S/c1-23(2)27(25,26)15-10(17)7-8-13(14(15)24)22-16(20-9-19)21-12-6-4-3-5-11(12)18/h3-8,24H,1-2H3,(H2,20,21,22). The van der Waals surface area contributed by atoms with E-state index in [1.165, 1.54) is 44.4 Å². The molecule has 2 aromatic rings. The molecule has 8 nitrogen and oxygen atoms in total. The monoisotopic (exact) mass is 411 g/mol. The number of hydrogen-bond donors (Lipinski definition) is 3. The topological polar surface area (TPSA) is 118 Å². The molecule has 11 heteroatoms. The largest absolute Gasteiger partial charge is 0.504 e. The van der Waals surface area contributed by atoms with Crippen LogP contribution in [0.15, 0.2) is 46.3 Å². The molecule has 0 spiro atoms. The van der Waals surface area contributed by atoms with Crippen molar-refractivity contribution in [2.24, 2.45) is 4.99 Å². The molecule has 0 atom stereocenters. The molecule has 0 aliphatic heterocycles. The van der Waals surface area contributed by atoms with Crippen molar-refractivity contribution in [2.75, 3.05) is 19.4 Å². The Morgan fingerprint density at radius 3 is 2.56 bits per heavy atom. The molecule has 0 saturated heterocycles. The highest BCUT2D eigenvalue weighted by molar-refractivity contribution is 7.89. The number of nitriles is 1. The molecule has 2 aromatic carbocycles. The Kier molecular flexibility index (Phi) is 6.22. The lowest BCUT2D eigenvalue weighted by atomic mass is 10.3. The highest BCUT2D eigenvalue weighted by Gasteiger charge is 2.27. The van der Waals surface area contributed by atoms with Crippen molar-refractivity contribution in [1.29, 1.82) is 5.26 Å². The fourth-order valence-corrected chi connectivity index (χ4v) is 3.48. The minimum absolute atomic E-state index is 0.0719. The van der Waals surface area contributed by atoms with Crippen LogP contribution in [0, 0.1) is 17.3 Å². The third-order valence-corrected chi connectivity index (χ3v) is 5.65. The Labute approximate surface area is 160 Å². The zero-order chi connectivity index (χ0) is 20.2. The van der Waals surface area contributed by atoms with Gasteiger partial charge in [0.25, 0.3) is 0 Å². The molecule has 0 aliphatic rings. The first-order valence-corrected chi connectivity index (χ1v) is 9.19. The fraction of sp³-hybridized carbons (Fsp3) is 0.125. The molecule has 0 amide bonds. The number of phenols is 1. The van der Waals surface area contributed by atoms with Crippen LogP contribution >= 0.6 is 11.6 Å². The number of rotatable bonds is 4. The third kappa shape index (κ3) is 4.46. The first-order valence-electron chi connectivity index (χ1n) is 7.37. The van der Waals surface area contributed by atoms with Gasteiger partial charge in [-0.25, -0.2) is 22.1 Å². The average molecular weight is 412 g/mol. The summed E-state index contributed by atoms with van der Waals surface area (Å²) in [6.07, 6.45) is 1.62. The third-order valence-electron chi connectivity index (χ3n) is 3.33. The summed E-state index contributed by atoms with van der Waals surface area (Å²) in [5, 5.41) is 23.8. The van der Waals surface area contributed by atoms with Gasteiger partial charge in [0.05, 0.1) is 10.7 Å². The van der Waals surface area contributed by atoms with Crippen LogP contribution in [0.1, 0.15) is 0 Å². The Hall–Kier alpha value is -2.87. The van der Waals surface area contributed by atoms with Crippen LogP contribution in [0.3, 0.4) is 0 Å². The first kappa shape index (κ1) is 20.4. The summed E-state index contributed by atoms with van der Waals surface area (Å²) < 4.78 is 39.4. The fourth-order valence-electron chi connectivity index (χ4n) is 2.01. The summed E-state index contributed by atoms with van der Waals surface area (Å²) in [6.45, 7) is 0. The number of nitrogens with zero attached hydrogens (tertiary/aromatic N) is 3. The van der Waals surface area contributed by atoms with Crippen molar-refractivity contribution >= 4 is 39.0 Å². The van der Waals surface area contributed by atoms with Gasteiger partial charge >= 0.3 is 0 Å². The number of aromatic hydroxyl groups is 1. The molecule has 0 bridgehead atoms. The molecule has 0 fully saturated rings. The van der Waals surface area contributed by atoms with E-state index in [9.17, 15) is 17.9 Å². The lowest BCUT2D eigenvalue weighted by Gasteiger charge is -2.17. The minimum Gasteiger partial charge on any atom is -0.504 e. The molecular weight excluding hydrogens is 397 g/mol. The normalized spacial score (nSPS) is 11.9. The molecule has 3 N–H and O–H groups in total. The van der Waals surface area contributed by atoms with Crippen LogP contribution in [0.25, 0.3) is 0 Å². The predicted molar refractivity (Wildman–Crippen MR) is 99.9 cm³/mol. The summed E-state index contributed by atoms with van der Waals surface area (Å²) >= 11 is 5.94. The maximum absolute atomic E-state index is 13.8. The summed E-state index contributed by atoms with van der Waals surface area (Å²) in [5.74, 6) is -1.53. The number of benzene rings is 2. The number of nitrogens with one attached hydrogen (secondary N) is 2. The second-order valence-corrected chi connectivity index (χ2v) is 7.83. The second-order valence-electron chi connectivity index (χ2n) is 5.33. The van der Waals surface area contributed by atoms with Gasteiger partial charge in [0, 0.05) is 14.1 Å². The van der Waals surface area contributed by atoms with Gasteiger partial charge in [0.2, 0.25) is 16.0 Å². The lowest BCUT2D eigenvalue weighted by molar-refractivity contribution is 0.455. The zero-order valence-electron chi connectivity index (χ0n) is 14.2. The Morgan fingerprint density at radius 2 is 1.96 bits per heavy atom. The van der Waals surface area contributed by atoms with Crippen LogP contribution < -0.4 is 10.6 Å². The van der Waals surface area contributed by atoms with Crippen LogP contribution in [0.4, 0.5) is 15.8 Å². The van der Waals surface area contributed by atoms with Crippen LogP contribution in [0.2, 0.25) is 5.02 Å². The van der Waals surface area contributed by atoms with E-state index in [0.29, 0.717) is 0 Å². The van der Waals surface area contributed by atoms with Crippen molar-refractivity contribution in [1.82, 2.24) is 9.62 Å². The van der Waals surface area contributed by atoms with Crippen molar-refractivity contribution in [3.05, 3.63) is 47.2 Å². The number of guanidine groups is 1. The van der Waals surface area contributed by atoms with E-state index in [4.69, 9.17) is 16.9 Å². The van der Waals surface area contributed by atoms with Crippen molar-refractivity contribution in [3.8, 4) is 11.9 Å².